The third kappa shape index (κ3) is 3.72. The van der Waals surface area contributed by atoms with E-state index in [1.54, 1.807) is 0 Å². The van der Waals surface area contributed by atoms with Gasteiger partial charge < -0.3 is 5.32 Å². The number of hydrogen-bond acceptors (Lipinski definition) is 2. The summed E-state index contributed by atoms with van der Waals surface area (Å²) >= 11 is 0. The van der Waals surface area contributed by atoms with Crippen LogP contribution in [-0.2, 0) is 11.2 Å². The van der Waals surface area contributed by atoms with E-state index < -0.39 is 0 Å². The molecule has 1 aromatic heterocycles. The van der Waals surface area contributed by atoms with Gasteiger partial charge in [0.2, 0.25) is 5.91 Å². The number of H-pyrrole nitrogens is 1. The molecule has 0 spiro atoms. The third-order valence-electron chi connectivity index (χ3n) is 3.84. The number of aryl methyl sites for hydroxylation is 3. The topological polar surface area (TPSA) is 57.8 Å². The molecule has 0 bridgehead atoms. The molecule has 2 rings (SSSR count). The van der Waals surface area contributed by atoms with Crippen molar-refractivity contribution in [2.45, 2.75) is 40.0 Å². The van der Waals surface area contributed by atoms with Crippen LogP contribution in [0, 0.1) is 20.8 Å². The minimum absolute atomic E-state index is 0.0507. The van der Waals surface area contributed by atoms with Crippen LogP contribution in [0.15, 0.2) is 24.3 Å². The predicted octanol–water partition coefficient (Wildman–Crippen LogP) is 2.80. The number of amides is 1. The van der Waals surface area contributed by atoms with Gasteiger partial charge in [-0.3, -0.25) is 9.89 Å². The van der Waals surface area contributed by atoms with Gasteiger partial charge in [0.1, 0.15) is 0 Å². The second-order valence-electron chi connectivity index (χ2n) is 5.60. The Morgan fingerprint density at radius 2 is 1.90 bits per heavy atom. The van der Waals surface area contributed by atoms with Gasteiger partial charge in [0.05, 0.1) is 11.6 Å². The summed E-state index contributed by atoms with van der Waals surface area (Å²) in [5.74, 6) is -0.128. The zero-order valence-corrected chi connectivity index (χ0v) is 13.2. The first kappa shape index (κ1) is 15.3. The first-order chi connectivity index (χ1) is 9.99. The van der Waals surface area contributed by atoms with E-state index in [4.69, 9.17) is 0 Å². The van der Waals surface area contributed by atoms with E-state index >= 15 is 0 Å². The van der Waals surface area contributed by atoms with Crippen molar-refractivity contribution >= 4 is 5.91 Å². The molecule has 4 nitrogen and oxygen atoms in total. The second kappa shape index (κ2) is 6.57. The van der Waals surface area contributed by atoms with Gasteiger partial charge in [0.25, 0.3) is 0 Å². The lowest BCUT2D eigenvalue weighted by molar-refractivity contribution is -0.122. The number of carbonyl (C=O) groups excluding carboxylic acids is 1. The molecule has 0 aliphatic heterocycles. The van der Waals surface area contributed by atoms with Crippen molar-refractivity contribution in [3.8, 4) is 0 Å². The third-order valence-corrected chi connectivity index (χ3v) is 3.84. The monoisotopic (exact) mass is 285 g/mol. The average Bonchev–Trinajstić information content (AvgIpc) is 2.79. The quantitative estimate of drug-likeness (QED) is 0.887. The number of nitrogens with one attached hydrogen (secondary N) is 2. The summed E-state index contributed by atoms with van der Waals surface area (Å²) in [6.07, 6.45) is 0.849. The summed E-state index contributed by atoms with van der Waals surface area (Å²) in [6, 6.07) is 8.40. The fourth-order valence-corrected chi connectivity index (χ4v) is 2.57. The molecule has 0 aliphatic carbocycles. The molecule has 1 aromatic carbocycles. The Hall–Kier alpha value is -2.10. The molecule has 1 atom stereocenters. The summed E-state index contributed by atoms with van der Waals surface area (Å²) < 4.78 is 0. The number of aromatic amines is 1. The Morgan fingerprint density at radius 1 is 1.24 bits per heavy atom. The molecule has 21 heavy (non-hydrogen) atoms. The highest BCUT2D eigenvalue weighted by Gasteiger charge is 2.20. The predicted molar refractivity (Wildman–Crippen MR) is 84.4 cm³/mol. The van der Waals surface area contributed by atoms with E-state index in [1.807, 2.05) is 20.8 Å². The van der Waals surface area contributed by atoms with Crippen LogP contribution in [0.3, 0.4) is 0 Å². The maximum Gasteiger partial charge on any atom is 0.227 e. The molecule has 0 fully saturated rings. The molecule has 2 N–H and O–H groups in total. The van der Waals surface area contributed by atoms with Gasteiger partial charge in [-0.15, -0.1) is 0 Å². The van der Waals surface area contributed by atoms with Gasteiger partial charge in [-0.05, 0) is 39.7 Å². The fourth-order valence-electron chi connectivity index (χ4n) is 2.57. The fraction of sp³-hybridized carbons (Fsp3) is 0.412. The Bertz CT molecular complexity index is 594. The zero-order chi connectivity index (χ0) is 15.4. The van der Waals surface area contributed by atoms with Crippen LogP contribution in [0.25, 0.3) is 0 Å². The summed E-state index contributed by atoms with van der Waals surface area (Å²) in [6.45, 7) is 8.53. The Balaban J connectivity index is 1.88. The van der Waals surface area contributed by atoms with E-state index in [2.05, 4.69) is 46.7 Å². The molecular formula is C17H23N3O. The minimum atomic E-state index is -0.179. The highest BCUT2D eigenvalue weighted by atomic mass is 16.1. The lowest BCUT2D eigenvalue weighted by atomic mass is 9.98. The van der Waals surface area contributed by atoms with Crippen LogP contribution in [0.4, 0.5) is 0 Å². The van der Waals surface area contributed by atoms with E-state index in [1.165, 1.54) is 11.1 Å². The van der Waals surface area contributed by atoms with Gasteiger partial charge in [0, 0.05) is 17.8 Å². The van der Waals surface area contributed by atoms with Crippen molar-refractivity contribution in [2.24, 2.45) is 0 Å². The van der Waals surface area contributed by atoms with Crippen molar-refractivity contribution < 1.29 is 4.79 Å². The molecule has 1 heterocycles. The summed E-state index contributed by atoms with van der Waals surface area (Å²) in [5, 5.41) is 10.1. The number of nitrogens with zero attached hydrogens (tertiary/aromatic N) is 1. The molecule has 0 aliphatic rings. The second-order valence-corrected chi connectivity index (χ2v) is 5.60. The van der Waals surface area contributed by atoms with Crippen LogP contribution < -0.4 is 5.32 Å². The number of benzene rings is 1. The van der Waals surface area contributed by atoms with E-state index in [9.17, 15) is 4.79 Å². The molecule has 0 unspecified atom stereocenters. The summed E-state index contributed by atoms with van der Waals surface area (Å²) in [4.78, 5) is 12.2. The van der Waals surface area contributed by atoms with Crippen molar-refractivity contribution in [3.05, 3.63) is 52.3 Å². The Kier molecular flexibility index (Phi) is 4.78. The van der Waals surface area contributed by atoms with Crippen LogP contribution in [0.1, 0.15) is 40.9 Å². The van der Waals surface area contributed by atoms with Crippen LogP contribution >= 0.6 is 0 Å². The molecular weight excluding hydrogens is 262 g/mol. The molecule has 0 saturated heterocycles. The number of rotatable bonds is 5. The normalized spacial score (nSPS) is 12.2. The number of carbonyl (C=O) groups is 1. The highest BCUT2D eigenvalue weighted by Crippen LogP contribution is 2.21. The minimum Gasteiger partial charge on any atom is -0.355 e. The smallest absolute Gasteiger partial charge is 0.227 e. The molecule has 4 heteroatoms. The van der Waals surface area contributed by atoms with Gasteiger partial charge in [-0.1, -0.05) is 29.8 Å². The first-order valence-corrected chi connectivity index (χ1v) is 7.33. The molecule has 112 valence electrons. The van der Waals surface area contributed by atoms with Gasteiger partial charge in [-0.2, -0.15) is 5.10 Å². The SMILES string of the molecule is Cc1ccc(CCNC(=O)[C@H](C)c2c(C)n[nH]c2C)cc1. The summed E-state index contributed by atoms with van der Waals surface area (Å²) in [7, 11) is 0. The van der Waals surface area contributed by atoms with Crippen molar-refractivity contribution in [1.29, 1.82) is 0 Å². The lowest BCUT2D eigenvalue weighted by Crippen LogP contribution is -2.30. The maximum absolute atomic E-state index is 12.2. The highest BCUT2D eigenvalue weighted by molar-refractivity contribution is 5.83. The zero-order valence-electron chi connectivity index (χ0n) is 13.2. The lowest BCUT2D eigenvalue weighted by Gasteiger charge is -2.13. The first-order valence-electron chi connectivity index (χ1n) is 7.33. The van der Waals surface area contributed by atoms with Gasteiger partial charge in [0.15, 0.2) is 0 Å². The van der Waals surface area contributed by atoms with Gasteiger partial charge in [-0.25, -0.2) is 0 Å². The van der Waals surface area contributed by atoms with Crippen molar-refractivity contribution in [2.75, 3.05) is 6.54 Å². The van der Waals surface area contributed by atoms with Crippen molar-refractivity contribution in [3.63, 3.8) is 0 Å². The van der Waals surface area contributed by atoms with E-state index in [0.717, 1.165) is 23.4 Å². The number of aromatic nitrogens is 2. The maximum atomic E-state index is 12.2. The number of hydrogen-bond donors (Lipinski definition) is 2. The van der Waals surface area contributed by atoms with E-state index in [-0.39, 0.29) is 11.8 Å². The van der Waals surface area contributed by atoms with Gasteiger partial charge >= 0.3 is 0 Å². The summed E-state index contributed by atoms with van der Waals surface area (Å²) in [5.41, 5.74) is 5.36. The molecule has 0 saturated carbocycles. The molecule has 1 amide bonds. The van der Waals surface area contributed by atoms with E-state index in [0.29, 0.717) is 6.54 Å². The van der Waals surface area contributed by atoms with Crippen LogP contribution in [-0.4, -0.2) is 22.6 Å². The molecule has 2 aromatic rings. The standard InChI is InChI=1S/C17H23N3O/c1-11-5-7-15(8-6-11)9-10-18-17(21)12(2)16-13(3)19-20-14(16)4/h5-8,12H,9-10H2,1-4H3,(H,18,21)(H,19,20)/t12-/m1/s1. The average molecular weight is 285 g/mol. The largest absolute Gasteiger partial charge is 0.355 e. The molecule has 0 radical (unpaired) electrons. The van der Waals surface area contributed by atoms with Crippen LogP contribution in [0.5, 0.6) is 0 Å². The Morgan fingerprint density at radius 3 is 2.48 bits per heavy atom. The Labute approximate surface area is 126 Å². The van der Waals surface area contributed by atoms with Crippen molar-refractivity contribution in [1.82, 2.24) is 15.5 Å². The van der Waals surface area contributed by atoms with Crippen LogP contribution in [0.2, 0.25) is 0 Å².